The summed E-state index contributed by atoms with van der Waals surface area (Å²) in [5, 5.41) is 0. The molecule has 0 fully saturated rings. The highest BCUT2D eigenvalue weighted by atomic mass is 16.3. The third-order valence-corrected chi connectivity index (χ3v) is 2.06. The van der Waals surface area contributed by atoms with Crippen molar-refractivity contribution in [2.45, 2.75) is 19.8 Å². The van der Waals surface area contributed by atoms with Gasteiger partial charge in [-0.05, 0) is 13.6 Å². The second-order valence-electron chi connectivity index (χ2n) is 3.16. The number of rotatable bonds is 4. The van der Waals surface area contributed by atoms with Gasteiger partial charge in [0, 0.05) is 12.5 Å². The van der Waals surface area contributed by atoms with E-state index in [2.05, 4.69) is 30.8 Å². The first-order valence-electron chi connectivity index (χ1n) is 4.31. The molecule has 68 valence electrons. The highest BCUT2D eigenvalue weighted by Gasteiger charge is 2.10. The zero-order valence-corrected chi connectivity index (χ0v) is 7.95. The predicted molar refractivity (Wildman–Crippen MR) is 48.1 cm³/mol. The summed E-state index contributed by atoms with van der Waals surface area (Å²) in [6, 6.07) is 0. The summed E-state index contributed by atoms with van der Waals surface area (Å²) in [6.07, 6.45) is 3.27. The molecule has 3 heteroatoms. The Morgan fingerprint density at radius 1 is 1.67 bits per heavy atom. The van der Waals surface area contributed by atoms with E-state index in [1.807, 2.05) is 0 Å². The van der Waals surface area contributed by atoms with Crippen molar-refractivity contribution in [2.24, 2.45) is 0 Å². The van der Waals surface area contributed by atoms with E-state index in [-0.39, 0.29) is 0 Å². The van der Waals surface area contributed by atoms with Crippen LogP contribution in [0.4, 0.5) is 0 Å². The van der Waals surface area contributed by atoms with Gasteiger partial charge in [0.05, 0.1) is 6.20 Å². The van der Waals surface area contributed by atoms with Crippen LogP contribution in [0.2, 0.25) is 0 Å². The number of aromatic nitrogens is 1. The lowest BCUT2D eigenvalue weighted by Crippen LogP contribution is -2.22. The van der Waals surface area contributed by atoms with Crippen LogP contribution in [0.25, 0.3) is 0 Å². The Hall–Kier alpha value is -0.830. The molecule has 12 heavy (non-hydrogen) atoms. The van der Waals surface area contributed by atoms with Crippen LogP contribution in [-0.4, -0.2) is 30.0 Å². The van der Waals surface area contributed by atoms with Gasteiger partial charge in [-0.3, -0.25) is 0 Å². The lowest BCUT2D eigenvalue weighted by molar-refractivity contribution is 0.314. The molecule has 0 aromatic carbocycles. The van der Waals surface area contributed by atoms with E-state index in [1.54, 1.807) is 6.20 Å². The Kier molecular flexibility index (Phi) is 3.29. The van der Waals surface area contributed by atoms with Crippen molar-refractivity contribution >= 4 is 0 Å². The maximum Gasteiger partial charge on any atom is 0.180 e. The molecule has 0 radical (unpaired) electrons. The molecule has 1 atom stereocenters. The van der Waals surface area contributed by atoms with Crippen LogP contribution in [0.15, 0.2) is 17.0 Å². The molecule has 0 saturated heterocycles. The number of oxazole rings is 1. The van der Waals surface area contributed by atoms with E-state index in [1.165, 1.54) is 6.39 Å². The SMILES string of the molecule is CCN(C)CC(C)c1cnco1. The van der Waals surface area contributed by atoms with E-state index in [4.69, 9.17) is 4.42 Å². The van der Waals surface area contributed by atoms with Crippen molar-refractivity contribution in [1.82, 2.24) is 9.88 Å². The van der Waals surface area contributed by atoms with E-state index < -0.39 is 0 Å². The highest BCUT2D eigenvalue weighted by molar-refractivity contribution is 4.97. The molecule has 3 nitrogen and oxygen atoms in total. The van der Waals surface area contributed by atoms with Crippen molar-refractivity contribution in [3.8, 4) is 0 Å². The maximum atomic E-state index is 5.20. The molecule has 0 amide bonds. The Morgan fingerprint density at radius 3 is 2.92 bits per heavy atom. The van der Waals surface area contributed by atoms with Gasteiger partial charge in [-0.2, -0.15) is 0 Å². The summed E-state index contributed by atoms with van der Waals surface area (Å²) < 4.78 is 5.20. The quantitative estimate of drug-likeness (QED) is 0.685. The summed E-state index contributed by atoms with van der Waals surface area (Å²) in [7, 11) is 2.10. The van der Waals surface area contributed by atoms with Gasteiger partial charge >= 0.3 is 0 Å². The van der Waals surface area contributed by atoms with Gasteiger partial charge in [0.2, 0.25) is 0 Å². The lowest BCUT2D eigenvalue weighted by atomic mass is 10.1. The lowest BCUT2D eigenvalue weighted by Gasteiger charge is -2.17. The van der Waals surface area contributed by atoms with Crippen molar-refractivity contribution < 1.29 is 4.42 Å². The van der Waals surface area contributed by atoms with E-state index in [0.717, 1.165) is 18.8 Å². The number of hydrogen-bond donors (Lipinski definition) is 0. The van der Waals surface area contributed by atoms with E-state index >= 15 is 0 Å². The fourth-order valence-electron chi connectivity index (χ4n) is 1.16. The molecule has 0 aliphatic carbocycles. The first-order chi connectivity index (χ1) is 5.74. The van der Waals surface area contributed by atoms with Crippen molar-refractivity contribution in [2.75, 3.05) is 20.1 Å². The van der Waals surface area contributed by atoms with Crippen molar-refractivity contribution in [1.29, 1.82) is 0 Å². The van der Waals surface area contributed by atoms with Gasteiger partial charge in [-0.15, -0.1) is 0 Å². The number of likely N-dealkylation sites (N-methyl/N-ethyl adjacent to an activating group) is 1. The summed E-state index contributed by atoms with van der Waals surface area (Å²) in [4.78, 5) is 6.15. The second-order valence-corrected chi connectivity index (χ2v) is 3.16. The third-order valence-electron chi connectivity index (χ3n) is 2.06. The molecule has 0 aliphatic heterocycles. The zero-order valence-electron chi connectivity index (χ0n) is 7.95. The molecule has 0 aliphatic rings. The van der Waals surface area contributed by atoms with Gasteiger partial charge < -0.3 is 9.32 Å². The monoisotopic (exact) mass is 168 g/mol. The predicted octanol–water partition coefficient (Wildman–Crippen LogP) is 1.73. The summed E-state index contributed by atoms with van der Waals surface area (Å²) in [6.45, 7) is 6.38. The molecule has 1 unspecified atom stereocenters. The number of nitrogens with zero attached hydrogens (tertiary/aromatic N) is 2. The fraction of sp³-hybridized carbons (Fsp3) is 0.667. The smallest absolute Gasteiger partial charge is 0.180 e. The third kappa shape index (κ3) is 2.34. The maximum absolute atomic E-state index is 5.20. The molecular weight excluding hydrogens is 152 g/mol. The standard InChI is InChI=1S/C9H16N2O/c1-4-11(3)6-8(2)9-5-10-7-12-9/h5,7-8H,4,6H2,1-3H3. The largest absolute Gasteiger partial charge is 0.448 e. The molecule has 1 heterocycles. The topological polar surface area (TPSA) is 29.3 Å². The van der Waals surface area contributed by atoms with Crippen LogP contribution in [0, 0.1) is 0 Å². The van der Waals surface area contributed by atoms with Crippen LogP contribution >= 0.6 is 0 Å². The molecule has 1 rings (SSSR count). The Bertz CT molecular complexity index is 208. The van der Waals surface area contributed by atoms with Gasteiger partial charge in [-0.25, -0.2) is 4.98 Å². The average molecular weight is 168 g/mol. The van der Waals surface area contributed by atoms with Crippen molar-refractivity contribution in [3.05, 3.63) is 18.4 Å². The van der Waals surface area contributed by atoms with Gasteiger partial charge in [0.25, 0.3) is 0 Å². The Balaban J connectivity index is 2.44. The van der Waals surface area contributed by atoms with Crippen LogP contribution in [0.1, 0.15) is 25.5 Å². The van der Waals surface area contributed by atoms with E-state index in [9.17, 15) is 0 Å². The molecule has 0 N–H and O–H groups in total. The Morgan fingerprint density at radius 2 is 2.42 bits per heavy atom. The molecular formula is C9H16N2O. The van der Waals surface area contributed by atoms with Crippen LogP contribution in [0.5, 0.6) is 0 Å². The van der Waals surface area contributed by atoms with Gasteiger partial charge in [0.15, 0.2) is 6.39 Å². The summed E-state index contributed by atoms with van der Waals surface area (Å²) in [5.74, 6) is 1.40. The normalized spacial score (nSPS) is 13.7. The minimum absolute atomic E-state index is 0.428. The molecule has 1 aromatic heterocycles. The van der Waals surface area contributed by atoms with Crippen LogP contribution < -0.4 is 0 Å². The average Bonchev–Trinajstić information content (AvgIpc) is 2.56. The zero-order chi connectivity index (χ0) is 8.97. The highest BCUT2D eigenvalue weighted by Crippen LogP contribution is 2.14. The molecule has 0 saturated carbocycles. The summed E-state index contributed by atoms with van der Waals surface area (Å²) in [5.41, 5.74) is 0. The minimum Gasteiger partial charge on any atom is -0.448 e. The second kappa shape index (κ2) is 4.26. The van der Waals surface area contributed by atoms with Crippen LogP contribution in [0.3, 0.4) is 0 Å². The first-order valence-corrected chi connectivity index (χ1v) is 4.31. The molecule has 0 bridgehead atoms. The van der Waals surface area contributed by atoms with Gasteiger partial charge in [-0.1, -0.05) is 13.8 Å². The summed E-state index contributed by atoms with van der Waals surface area (Å²) >= 11 is 0. The number of hydrogen-bond acceptors (Lipinski definition) is 3. The van der Waals surface area contributed by atoms with Gasteiger partial charge in [0.1, 0.15) is 5.76 Å². The molecule has 1 aromatic rings. The minimum atomic E-state index is 0.428. The van der Waals surface area contributed by atoms with Crippen molar-refractivity contribution in [3.63, 3.8) is 0 Å². The molecule has 0 spiro atoms. The first kappa shape index (κ1) is 9.26. The Labute approximate surface area is 73.4 Å². The van der Waals surface area contributed by atoms with E-state index in [0.29, 0.717) is 5.92 Å². The van der Waals surface area contributed by atoms with Crippen LogP contribution in [-0.2, 0) is 0 Å². The fourth-order valence-corrected chi connectivity index (χ4v) is 1.16.